The Morgan fingerprint density at radius 3 is 2.87 bits per heavy atom. The first kappa shape index (κ1) is 15.5. The molecule has 3 rings (SSSR count). The summed E-state index contributed by atoms with van der Waals surface area (Å²) in [6.45, 7) is 3.93. The van der Waals surface area contributed by atoms with E-state index in [4.69, 9.17) is 4.74 Å². The van der Waals surface area contributed by atoms with E-state index in [0.29, 0.717) is 32.1 Å². The van der Waals surface area contributed by atoms with Gasteiger partial charge in [-0.25, -0.2) is 9.78 Å². The maximum atomic E-state index is 12.4. The Bertz CT molecular complexity index is 672. The maximum absolute atomic E-state index is 12.4. The Morgan fingerprint density at radius 1 is 1.39 bits per heavy atom. The average Bonchev–Trinajstić information content (AvgIpc) is 2.99. The van der Waals surface area contributed by atoms with Crippen LogP contribution in [0.15, 0.2) is 36.7 Å². The molecule has 0 aliphatic carbocycles. The van der Waals surface area contributed by atoms with Crippen molar-refractivity contribution in [1.29, 1.82) is 0 Å². The Kier molecular flexibility index (Phi) is 4.29. The van der Waals surface area contributed by atoms with Gasteiger partial charge in [0.25, 0.3) is 0 Å². The van der Waals surface area contributed by atoms with Crippen LogP contribution in [0.4, 0.5) is 4.79 Å². The number of benzene rings is 1. The summed E-state index contributed by atoms with van der Waals surface area (Å²) in [6.07, 6.45) is 1.61. The molecule has 1 N–H and O–H groups in total. The Labute approximate surface area is 135 Å². The zero-order valence-electron chi connectivity index (χ0n) is 13.4. The standard InChI is InChI=1S/C16H21N5O2/c1-16(13-6-4-3-5-7-13)11-21(8-9-23-16)15(22)17-10-14-18-12-20(2)19-14/h3-7,12H,8-11H2,1-2H3,(H,17,22). The molecule has 2 heterocycles. The van der Waals surface area contributed by atoms with E-state index in [1.165, 1.54) is 0 Å². The van der Waals surface area contributed by atoms with Crippen molar-refractivity contribution in [3.63, 3.8) is 0 Å². The van der Waals surface area contributed by atoms with Crippen LogP contribution in [0.2, 0.25) is 0 Å². The zero-order chi connectivity index (χ0) is 16.3. The molecule has 0 spiro atoms. The van der Waals surface area contributed by atoms with Crippen molar-refractivity contribution in [2.45, 2.75) is 19.1 Å². The van der Waals surface area contributed by atoms with Crippen LogP contribution in [0.5, 0.6) is 0 Å². The van der Waals surface area contributed by atoms with Crippen molar-refractivity contribution in [2.75, 3.05) is 19.7 Å². The summed E-state index contributed by atoms with van der Waals surface area (Å²) < 4.78 is 7.56. The van der Waals surface area contributed by atoms with Gasteiger partial charge in [-0.15, -0.1) is 0 Å². The highest BCUT2D eigenvalue weighted by molar-refractivity contribution is 5.74. The van der Waals surface area contributed by atoms with Gasteiger partial charge in [0.1, 0.15) is 11.9 Å². The lowest BCUT2D eigenvalue weighted by Crippen LogP contribution is -2.53. The third-order valence-electron chi connectivity index (χ3n) is 3.99. The minimum Gasteiger partial charge on any atom is -0.367 e. The quantitative estimate of drug-likeness (QED) is 0.926. The number of urea groups is 1. The van der Waals surface area contributed by atoms with Gasteiger partial charge >= 0.3 is 6.03 Å². The molecular formula is C16H21N5O2. The van der Waals surface area contributed by atoms with E-state index >= 15 is 0 Å². The smallest absolute Gasteiger partial charge is 0.317 e. The number of nitrogens with zero attached hydrogens (tertiary/aromatic N) is 4. The minimum absolute atomic E-state index is 0.122. The number of rotatable bonds is 3. The van der Waals surface area contributed by atoms with Gasteiger partial charge in [0.15, 0.2) is 5.82 Å². The number of morpholine rings is 1. The maximum Gasteiger partial charge on any atom is 0.317 e. The van der Waals surface area contributed by atoms with Gasteiger partial charge in [-0.2, -0.15) is 5.10 Å². The normalized spacial score (nSPS) is 21.2. The predicted octanol–water partition coefficient (Wildman–Crippen LogP) is 1.27. The molecule has 1 aliphatic rings. The molecule has 1 aliphatic heterocycles. The molecule has 7 heteroatoms. The molecule has 1 unspecified atom stereocenters. The first-order chi connectivity index (χ1) is 11.1. The van der Waals surface area contributed by atoms with E-state index in [1.54, 1.807) is 23.0 Å². The molecule has 1 atom stereocenters. The number of hydrogen-bond acceptors (Lipinski definition) is 4. The first-order valence-electron chi connectivity index (χ1n) is 7.64. The van der Waals surface area contributed by atoms with Gasteiger partial charge in [0.2, 0.25) is 0 Å². The van der Waals surface area contributed by atoms with Crippen molar-refractivity contribution in [3.8, 4) is 0 Å². The SMILES string of the molecule is Cn1cnc(CNC(=O)N2CCOC(C)(c3ccccc3)C2)n1. The molecule has 0 saturated carbocycles. The molecule has 0 bridgehead atoms. The Balaban J connectivity index is 1.62. The molecule has 1 aromatic heterocycles. The summed E-state index contributed by atoms with van der Waals surface area (Å²) >= 11 is 0. The van der Waals surface area contributed by atoms with E-state index in [2.05, 4.69) is 15.4 Å². The summed E-state index contributed by atoms with van der Waals surface area (Å²) in [7, 11) is 1.80. The van der Waals surface area contributed by atoms with Crippen LogP contribution < -0.4 is 5.32 Å². The summed E-state index contributed by atoms with van der Waals surface area (Å²) in [4.78, 5) is 18.3. The fraction of sp³-hybridized carbons (Fsp3) is 0.438. The van der Waals surface area contributed by atoms with Crippen molar-refractivity contribution in [3.05, 3.63) is 48.0 Å². The minimum atomic E-state index is -0.486. The van der Waals surface area contributed by atoms with Gasteiger partial charge in [0.05, 0.1) is 19.7 Å². The lowest BCUT2D eigenvalue weighted by molar-refractivity contribution is -0.0906. The van der Waals surface area contributed by atoms with E-state index in [9.17, 15) is 4.79 Å². The fourth-order valence-corrected chi connectivity index (χ4v) is 2.74. The molecule has 7 nitrogen and oxygen atoms in total. The summed E-state index contributed by atoms with van der Waals surface area (Å²) in [6, 6.07) is 9.87. The molecule has 1 aromatic carbocycles. The highest BCUT2D eigenvalue weighted by atomic mass is 16.5. The van der Waals surface area contributed by atoms with Crippen LogP contribution in [-0.2, 0) is 23.9 Å². The predicted molar refractivity (Wildman–Crippen MR) is 84.6 cm³/mol. The van der Waals surface area contributed by atoms with E-state index in [-0.39, 0.29) is 6.03 Å². The van der Waals surface area contributed by atoms with Crippen LogP contribution >= 0.6 is 0 Å². The van der Waals surface area contributed by atoms with Gasteiger partial charge < -0.3 is 15.0 Å². The van der Waals surface area contributed by atoms with Crippen LogP contribution in [0, 0.1) is 0 Å². The zero-order valence-corrected chi connectivity index (χ0v) is 13.4. The van der Waals surface area contributed by atoms with E-state index in [0.717, 1.165) is 5.56 Å². The second-order valence-electron chi connectivity index (χ2n) is 5.86. The van der Waals surface area contributed by atoms with Gasteiger partial charge in [0, 0.05) is 13.6 Å². The number of ether oxygens (including phenoxy) is 1. The Hall–Kier alpha value is -2.41. The van der Waals surface area contributed by atoms with Crippen molar-refractivity contribution in [1.82, 2.24) is 25.0 Å². The fourth-order valence-electron chi connectivity index (χ4n) is 2.74. The topological polar surface area (TPSA) is 72.3 Å². The highest BCUT2D eigenvalue weighted by Crippen LogP contribution is 2.29. The number of carbonyl (C=O) groups is 1. The van der Waals surface area contributed by atoms with E-state index in [1.807, 2.05) is 37.3 Å². The second kappa shape index (κ2) is 6.37. The molecule has 1 saturated heterocycles. The third-order valence-corrected chi connectivity index (χ3v) is 3.99. The van der Waals surface area contributed by atoms with Crippen molar-refractivity contribution >= 4 is 6.03 Å². The van der Waals surface area contributed by atoms with Crippen LogP contribution in [0.3, 0.4) is 0 Å². The Morgan fingerprint density at radius 2 is 2.17 bits per heavy atom. The van der Waals surface area contributed by atoms with Gasteiger partial charge in [-0.05, 0) is 12.5 Å². The molecule has 1 fully saturated rings. The monoisotopic (exact) mass is 315 g/mol. The van der Waals surface area contributed by atoms with Gasteiger partial charge in [-0.1, -0.05) is 30.3 Å². The third kappa shape index (κ3) is 3.50. The molecule has 23 heavy (non-hydrogen) atoms. The second-order valence-corrected chi connectivity index (χ2v) is 5.86. The summed E-state index contributed by atoms with van der Waals surface area (Å²) in [5, 5.41) is 7.02. The van der Waals surface area contributed by atoms with Crippen molar-refractivity contribution in [2.24, 2.45) is 7.05 Å². The van der Waals surface area contributed by atoms with Crippen LogP contribution in [0.1, 0.15) is 18.3 Å². The number of amides is 2. The van der Waals surface area contributed by atoms with Crippen molar-refractivity contribution < 1.29 is 9.53 Å². The summed E-state index contributed by atoms with van der Waals surface area (Å²) in [5.41, 5.74) is 0.587. The molecular weight excluding hydrogens is 294 g/mol. The largest absolute Gasteiger partial charge is 0.367 e. The molecule has 122 valence electrons. The lowest BCUT2D eigenvalue weighted by Gasteiger charge is -2.40. The van der Waals surface area contributed by atoms with Gasteiger partial charge in [-0.3, -0.25) is 4.68 Å². The highest BCUT2D eigenvalue weighted by Gasteiger charge is 2.35. The van der Waals surface area contributed by atoms with Crippen LogP contribution in [0.25, 0.3) is 0 Å². The molecule has 0 radical (unpaired) electrons. The number of aromatic nitrogens is 3. The summed E-state index contributed by atoms with van der Waals surface area (Å²) in [5.74, 6) is 0.597. The average molecular weight is 315 g/mol. The number of aryl methyl sites for hydroxylation is 1. The molecule has 2 aromatic rings. The number of carbonyl (C=O) groups excluding carboxylic acids is 1. The lowest BCUT2D eigenvalue weighted by atomic mass is 9.94. The number of nitrogens with one attached hydrogen (secondary N) is 1. The van der Waals surface area contributed by atoms with Crippen LogP contribution in [-0.4, -0.2) is 45.4 Å². The molecule has 2 amide bonds. The number of hydrogen-bond donors (Lipinski definition) is 1. The first-order valence-corrected chi connectivity index (χ1v) is 7.64. The van der Waals surface area contributed by atoms with E-state index < -0.39 is 5.60 Å².